The fraction of sp³-hybridized carbons (Fsp3) is 0.222. The average Bonchev–Trinajstić information content (AvgIpc) is 2.92. The van der Waals surface area contributed by atoms with Crippen molar-refractivity contribution in [2.45, 2.75) is 19.8 Å². The number of carbonyl (C=O) groups excluding carboxylic acids is 1. The number of nitrogens with one attached hydrogen (secondary N) is 1. The van der Waals surface area contributed by atoms with Gasteiger partial charge in [-0.2, -0.15) is 0 Å². The van der Waals surface area contributed by atoms with Gasteiger partial charge < -0.3 is 5.32 Å². The van der Waals surface area contributed by atoms with E-state index in [1.54, 1.807) is 0 Å². The van der Waals surface area contributed by atoms with Gasteiger partial charge in [0.2, 0.25) is 5.91 Å². The average molecular weight is 328 g/mol. The van der Waals surface area contributed by atoms with Crippen molar-refractivity contribution in [2.75, 3.05) is 11.2 Å². The van der Waals surface area contributed by atoms with Gasteiger partial charge in [0.05, 0.1) is 0 Å². The maximum atomic E-state index is 12.1. The van der Waals surface area contributed by atoms with Gasteiger partial charge in [0, 0.05) is 24.1 Å². The highest BCUT2D eigenvalue weighted by Crippen LogP contribution is 2.29. The van der Waals surface area contributed by atoms with E-state index in [1.165, 1.54) is 5.56 Å². The zero-order valence-corrected chi connectivity index (χ0v) is 13.7. The lowest BCUT2D eigenvalue weighted by Gasteiger charge is -2.07. The summed E-state index contributed by atoms with van der Waals surface area (Å²) in [4.78, 5) is 16.8. The number of halogens is 1. The number of fused-ring (bicyclic) bond motifs is 1. The molecule has 2 aromatic heterocycles. The first kappa shape index (κ1) is 15.6. The largest absolute Gasteiger partial charge is 0.310 e. The Hall–Kier alpha value is -2.33. The van der Waals surface area contributed by atoms with Gasteiger partial charge in [-0.1, -0.05) is 35.9 Å². The lowest BCUT2D eigenvalue weighted by molar-refractivity contribution is -0.116. The van der Waals surface area contributed by atoms with Crippen LogP contribution in [0.5, 0.6) is 0 Å². The number of aromatic nitrogens is 2. The highest BCUT2D eigenvalue weighted by atomic mass is 35.5. The first-order valence-electron chi connectivity index (χ1n) is 7.59. The molecule has 0 bridgehead atoms. The Labute approximate surface area is 140 Å². The summed E-state index contributed by atoms with van der Waals surface area (Å²) < 4.78 is 1.90. The number of amides is 1. The predicted molar refractivity (Wildman–Crippen MR) is 93.9 cm³/mol. The lowest BCUT2D eigenvalue weighted by atomic mass is 10.1. The number of pyridine rings is 1. The number of carbonyl (C=O) groups is 1. The standard InChI is InChI=1S/C18H18ClN3O/c1-13-7-9-14(10-8-13)17-18(21-16(23)6-4-11-19)22-12-3-2-5-15(22)20-17/h2-3,5,7-10,12H,4,6,11H2,1H3,(H,21,23). The van der Waals surface area contributed by atoms with Crippen LogP contribution in [0.3, 0.4) is 0 Å². The van der Waals surface area contributed by atoms with Crippen molar-refractivity contribution < 1.29 is 4.79 Å². The number of aryl methyl sites for hydroxylation is 1. The number of hydrogen-bond acceptors (Lipinski definition) is 2. The number of hydrogen-bond donors (Lipinski definition) is 1. The van der Waals surface area contributed by atoms with E-state index >= 15 is 0 Å². The molecule has 0 unspecified atom stereocenters. The molecule has 2 heterocycles. The van der Waals surface area contributed by atoms with Crippen molar-refractivity contribution in [3.8, 4) is 11.3 Å². The molecule has 1 amide bonds. The third kappa shape index (κ3) is 3.37. The minimum Gasteiger partial charge on any atom is -0.310 e. The highest BCUT2D eigenvalue weighted by molar-refractivity contribution is 6.18. The lowest BCUT2D eigenvalue weighted by Crippen LogP contribution is -2.13. The normalized spacial score (nSPS) is 10.9. The zero-order chi connectivity index (χ0) is 16.2. The summed E-state index contributed by atoms with van der Waals surface area (Å²) in [6.07, 6.45) is 2.96. The summed E-state index contributed by atoms with van der Waals surface area (Å²) in [7, 11) is 0. The highest BCUT2D eigenvalue weighted by Gasteiger charge is 2.15. The third-order valence-electron chi connectivity index (χ3n) is 3.65. The SMILES string of the molecule is Cc1ccc(-c2nc3ccccn3c2NC(=O)CCCCl)cc1. The second-order valence-corrected chi connectivity index (χ2v) is 5.82. The summed E-state index contributed by atoms with van der Waals surface area (Å²) in [5.41, 5.74) is 3.74. The van der Waals surface area contributed by atoms with Gasteiger partial charge in [0.1, 0.15) is 17.2 Å². The molecule has 1 N–H and O–H groups in total. The van der Waals surface area contributed by atoms with Crippen LogP contribution >= 0.6 is 11.6 Å². The van der Waals surface area contributed by atoms with E-state index in [-0.39, 0.29) is 5.91 Å². The number of nitrogens with zero attached hydrogens (tertiary/aromatic N) is 2. The molecule has 0 saturated carbocycles. The Balaban J connectivity index is 2.04. The van der Waals surface area contributed by atoms with Gasteiger partial charge in [-0.15, -0.1) is 11.6 Å². The molecule has 3 rings (SSSR count). The van der Waals surface area contributed by atoms with Crippen molar-refractivity contribution >= 4 is 29.0 Å². The third-order valence-corrected chi connectivity index (χ3v) is 3.92. The number of alkyl halides is 1. The van der Waals surface area contributed by atoms with Crippen LogP contribution in [-0.2, 0) is 4.79 Å². The van der Waals surface area contributed by atoms with Crippen LogP contribution in [0.2, 0.25) is 0 Å². The van der Waals surface area contributed by atoms with Crippen LogP contribution in [0.1, 0.15) is 18.4 Å². The van der Waals surface area contributed by atoms with E-state index in [9.17, 15) is 4.79 Å². The first-order chi connectivity index (χ1) is 11.2. The molecule has 4 nitrogen and oxygen atoms in total. The molecular weight excluding hydrogens is 310 g/mol. The topological polar surface area (TPSA) is 46.4 Å². The molecule has 0 aliphatic carbocycles. The first-order valence-corrected chi connectivity index (χ1v) is 8.12. The molecule has 0 radical (unpaired) electrons. The van der Waals surface area contributed by atoms with E-state index in [2.05, 4.69) is 10.3 Å². The molecule has 0 spiro atoms. The molecular formula is C18H18ClN3O. The molecule has 0 fully saturated rings. The molecule has 118 valence electrons. The Bertz CT molecular complexity index is 824. The van der Waals surface area contributed by atoms with E-state index in [1.807, 2.05) is 60.0 Å². The fourth-order valence-electron chi connectivity index (χ4n) is 2.45. The second kappa shape index (κ2) is 6.84. The van der Waals surface area contributed by atoms with E-state index < -0.39 is 0 Å². The van der Waals surface area contributed by atoms with Crippen LogP contribution < -0.4 is 5.32 Å². The van der Waals surface area contributed by atoms with E-state index in [0.29, 0.717) is 24.5 Å². The quantitative estimate of drug-likeness (QED) is 0.711. The summed E-state index contributed by atoms with van der Waals surface area (Å²) in [5.74, 6) is 1.12. The van der Waals surface area contributed by atoms with Crippen LogP contribution in [0.15, 0.2) is 48.7 Å². The Morgan fingerprint density at radius 2 is 2.00 bits per heavy atom. The van der Waals surface area contributed by atoms with Crippen LogP contribution in [0.25, 0.3) is 16.9 Å². The van der Waals surface area contributed by atoms with E-state index in [0.717, 1.165) is 16.9 Å². The summed E-state index contributed by atoms with van der Waals surface area (Å²) in [5, 5.41) is 2.98. The smallest absolute Gasteiger partial charge is 0.225 e. The van der Waals surface area contributed by atoms with Gasteiger partial charge >= 0.3 is 0 Å². The molecule has 1 aromatic carbocycles. The van der Waals surface area contributed by atoms with Crippen LogP contribution in [0, 0.1) is 6.92 Å². The van der Waals surface area contributed by atoms with Crippen molar-refractivity contribution in [2.24, 2.45) is 0 Å². The molecule has 5 heteroatoms. The predicted octanol–water partition coefficient (Wildman–Crippen LogP) is 4.27. The van der Waals surface area contributed by atoms with Gasteiger partial charge in [-0.3, -0.25) is 9.20 Å². The van der Waals surface area contributed by atoms with Crippen molar-refractivity contribution in [3.63, 3.8) is 0 Å². The fourth-order valence-corrected chi connectivity index (χ4v) is 2.58. The second-order valence-electron chi connectivity index (χ2n) is 5.44. The molecule has 0 atom stereocenters. The number of benzene rings is 1. The number of imidazole rings is 1. The van der Waals surface area contributed by atoms with Gasteiger partial charge in [-0.05, 0) is 25.5 Å². The van der Waals surface area contributed by atoms with Gasteiger partial charge in [0.15, 0.2) is 0 Å². The molecule has 3 aromatic rings. The van der Waals surface area contributed by atoms with Gasteiger partial charge in [-0.25, -0.2) is 4.98 Å². The molecule has 0 aliphatic rings. The summed E-state index contributed by atoms with van der Waals surface area (Å²) in [6, 6.07) is 13.9. The summed E-state index contributed by atoms with van der Waals surface area (Å²) >= 11 is 5.67. The van der Waals surface area contributed by atoms with Gasteiger partial charge in [0.25, 0.3) is 0 Å². The minimum atomic E-state index is -0.0512. The minimum absolute atomic E-state index is 0.0512. The van der Waals surface area contributed by atoms with E-state index in [4.69, 9.17) is 11.6 Å². The summed E-state index contributed by atoms with van der Waals surface area (Å²) in [6.45, 7) is 2.04. The monoisotopic (exact) mass is 327 g/mol. The van der Waals surface area contributed by atoms with Crippen molar-refractivity contribution in [3.05, 3.63) is 54.2 Å². The Morgan fingerprint density at radius 3 is 2.74 bits per heavy atom. The molecule has 23 heavy (non-hydrogen) atoms. The molecule has 0 saturated heterocycles. The molecule has 0 aliphatic heterocycles. The number of anilines is 1. The van der Waals surface area contributed by atoms with Crippen LogP contribution in [0.4, 0.5) is 5.82 Å². The van der Waals surface area contributed by atoms with Crippen LogP contribution in [-0.4, -0.2) is 21.2 Å². The Kier molecular flexibility index (Phi) is 4.63. The maximum Gasteiger partial charge on any atom is 0.225 e. The van der Waals surface area contributed by atoms with Crippen molar-refractivity contribution in [1.29, 1.82) is 0 Å². The van der Waals surface area contributed by atoms with Crippen molar-refractivity contribution in [1.82, 2.24) is 9.38 Å². The maximum absolute atomic E-state index is 12.1. The zero-order valence-electron chi connectivity index (χ0n) is 12.9. The Morgan fingerprint density at radius 1 is 1.22 bits per heavy atom. The number of rotatable bonds is 5.